The Kier molecular flexibility index (Phi) is 5.08. The molecule has 2 aromatic rings. The van der Waals surface area contributed by atoms with Gasteiger partial charge in [-0.05, 0) is 18.2 Å². The van der Waals surface area contributed by atoms with Crippen LogP contribution >= 0.6 is 0 Å². The number of benzene rings is 1. The summed E-state index contributed by atoms with van der Waals surface area (Å²) < 4.78 is 10.9. The molecule has 0 saturated heterocycles. The number of hydrogen-bond donors (Lipinski definition) is 1. The van der Waals surface area contributed by atoms with Crippen LogP contribution < -0.4 is 15.6 Å². The lowest BCUT2D eigenvalue weighted by atomic mass is 10.3. The predicted octanol–water partition coefficient (Wildman–Crippen LogP) is 0.584. The van der Waals surface area contributed by atoms with E-state index in [0.29, 0.717) is 11.4 Å². The van der Waals surface area contributed by atoms with E-state index >= 15 is 0 Å². The van der Waals surface area contributed by atoms with Gasteiger partial charge in [0.2, 0.25) is 0 Å². The minimum absolute atomic E-state index is 0.0544. The van der Waals surface area contributed by atoms with Gasteiger partial charge in [0.25, 0.3) is 11.5 Å². The molecule has 0 bridgehead atoms. The smallest absolute Gasteiger partial charge is 0.359 e. The number of nitrogens with zero attached hydrogens (tertiary/aromatic N) is 2. The minimum Gasteiger partial charge on any atom is -0.497 e. The van der Waals surface area contributed by atoms with Crippen molar-refractivity contribution < 1.29 is 19.1 Å². The monoisotopic (exact) mass is 317 g/mol. The van der Waals surface area contributed by atoms with Crippen LogP contribution in [-0.4, -0.2) is 35.4 Å². The second-order valence-corrected chi connectivity index (χ2v) is 4.54. The van der Waals surface area contributed by atoms with E-state index in [1.807, 2.05) is 0 Å². The average Bonchev–Trinajstić information content (AvgIpc) is 2.55. The number of carbonyl (C=O) groups excluding carboxylic acids is 2. The number of anilines is 1. The van der Waals surface area contributed by atoms with Crippen LogP contribution in [0.1, 0.15) is 10.5 Å². The molecular weight excluding hydrogens is 302 g/mol. The van der Waals surface area contributed by atoms with Gasteiger partial charge in [-0.1, -0.05) is 6.07 Å². The fourth-order valence-electron chi connectivity index (χ4n) is 1.71. The highest BCUT2D eigenvalue weighted by Crippen LogP contribution is 2.16. The summed E-state index contributed by atoms with van der Waals surface area (Å²) in [6.45, 7) is -0.472. The number of methoxy groups -OCH3 is 1. The summed E-state index contributed by atoms with van der Waals surface area (Å²) >= 11 is 0. The van der Waals surface area contributed by atoms with Crippen molar-refractivity contribution in [2.45, 2.75) is 0 Å². The Morgan fingerprint density at radius 3 is 2.74 bits per heavy atom. The first kappa shape index (κ1) is 16.2. The minimum atomic E-state index is -0.790. The van der Waals surface area contributed by atoms with Crippen LogP contribution in [0, 0.1) is 0 Å². The topological polar surface area (TPSA) is 99.5 Å². The number of ether oxygens (including phenoxy) is 2. The molecule has 0 atom stereocenters. The van der Waals surface area contributed by atoms with Gasteiger partial charge in [-0.2, -0.15) is 5.10 Å². The molecule has 0 fully saturated rings. The van der Waals surface area contributed by atoms with Crippen LogP contribution in [0.15, 0.2) is 41.2 Å². The molecule has 0 spiro atoms. The number of rotatable bonds is 5. The molecule has 0 unspecified atom stereocenters. The van der Waals surface area contributed by atoms with Gasteiger partial charge < -0.3 is 14.8 Å². The number of amides is 1. The van der Waals surface area contributed by atoms with Gasteiger partial charge in [0.05, 0.1) is 7.11 Å². The Labute approximate surface area is 131 Å². The zero-order chi connectivity index (χ0) is 16.8. The second kappa shape index (κ2) is 7.21. The fourth-order valence-corrected chi connectivity index (χ4v) is 1.71. The molecule has 0 aliphatic heterocycles. The van der Waals surface area contributed by atoms with Crippen molar-refractivity contribution in [3.63, 3.8) is 0 Å². The van der Waals surface area contributed by atoms with Gasteiger partial charge in [-0.3, -0.25) is 9.59 Å². The third-order valence-corrected chi connectivity index (χ3v) is 2.86. The Hall–Kier alpha value is -3.16. The number of hydrogen-bond acceptors (Lipinski definition) is 6. The molecule has 8 nitrogen and oxygen atoms in total. The normalized spacial score (nSPS) is 10.0. The lowest BCUT2D eigenvalue weighted by Crippen LogP contribution is -2.24. The van der Waals surface area contributed by atoms with Crippen molar-refractivity contribution in [2.24, 2.45) is 7.05 Å². The highest BCUT2D eigenvalue weighted by molar-refractivity contribution is 5.94. The van der Waals surface area contributed by atoms with E-state index in [1.165, 1.54) is 26.3 Å². The third-order valence-electron chi connectivity index (χ3n) is 2.86. The summed E-state index contributed by atoms with van der Waals surface area (Å²) in [6.07, 6.45) is 0. The molecule has 23 heavy (non-hydrogen) atoms. The number of aromatic nitrogens is 2. The maximum absolute atomic E-state index is 11.8. The van der Waals surface area contributed by atoms with E-state index in [0.717, 1.165) is 4.68 Å². The van der Waals surface area contributed by atoms with Crippen molar-refractivity contribution in [2.75, 3.05) is 19.0 Å². The van der Waals surface area contributed by atoms with Gasteiger partial charge in [-0.15, -0.1) is 0 Å². The summed E-state index contributed by atoms with van der Waals surface area (Å²) in [5.41, 5.74) is 0.115. The standard InChI is InChI=1S/C15H15N3O5/c1-18-14(20)7-6-12(17-18)15(21)23-9-13(19)16-10-4-3-5-11(8-10)22-2/h3-8H,9H2,1-2H3,(H,16,19). The molecule has 1 aromatic heterocycles. The Morgan fingerprint density at radius 2 is 2.04 bits per heavy atom. The molecule has 8 heteroatoms. The second-order valence-electron chi connectivity index (χ2n) is 4.54. The molecular formula is C15H15N3O5. The van der Waals surface area contributed by atoms with Gasteiger partial charge in [0, 0.05) is 24.9 Å². The van der Waals surface area contributed by atoms with Gasteiger partial charge in [0.1, 0.15) is 5.75 Å². The van der Waals surface area contributed by atoms with E-state index in [1.54, 1.807) is 24.3 Å². The summed E-state index contributed by atoms with van der Waals surface area (Å²) in [4.78, 5) is 34.7. The van der Waals surface area contributed by atoms with Crippen molar-refractivity contribution in [3.8, 4) is 5.75 Å². The first-order chi connectivity index (χ1) is 11.0. The Morgan fingerprint density at radius 1 is 1.26 bits per heavy atom. The Balaban J connectivity index is 1.91. The van der Waals surface area contributed by atoms with E-state index in [4.69, 9.17) is 9.47 Å². The van der Waals surface area contributed by atoms with Crippen molar-refractivity contribution >= 4 is 17.6 Å². The number of nitrogens with one attached hydrogen (secondary N) is 1. The quantitative estimate of drug-likeness (QED) is 0.810. The lowest BCUT2D eigenvalue weighted by molar-refractivity contribution is -0.119. The molecule has 1 amide bonds. The molecule has 1 N–H and O–H groups in total. The van der Waals surface area contributed by atoms with Crippen LogP contribution in [0.5, 0.6) is 5.75 Å². The van der Waals surface area contributed by atoms with Crippen LogP contribution in [0.4, 0.5) is 5.69 Å². The van der Waals surface area contributed by atoms with E-state index < -0.39 is 18.5 Å². The van der Waals surface area contributed by atoms with Crippen LogP contribution in [-0.2, 0) is 16.6 Å². The Bertz CT molecular complexity index is 785. The molecule has 0 aliphatic rings. The number of carbonyl (C=O) groups is 2. The largest absolute Gasteiger partial charge is 0.497 e. The van der Waals surface area contributed by atoms with Crippen molar-refractivity contribution in [3.05, 3.63) is 52.4 Å². The van der Waals surface area contributed by atoms with Gasteiger partial charge >= 0.3 is 5.97 Å². The molecule has 1 heterocycles. The molecule has 0 radical (unpaired) electrons. The third kappa shape index (κ3) is 4.40. The number of esters is 1. The maximum Gasteiger partial charge on any atom is 0.359 e. The van der Waals surface area contributed by atoms with Crippen molar-refractivity contribution in [1.82, 2.24) is 9.78 Å². The lowest BCUT2D eigenvalue weighted by Gasteiger charge is -2.08. The number of aryl methyl sites for hydroxylation is 1. The zero-order valence-corrected chi connectivity index (χ0v) is 12.6. The zero-order valence-electron chi connectivity index (χ0n) is 12.6. The highest BCUT2D eigenvalue weighted by atomic mass is 16.5. The van der Waals surface area contributed by atoms with E-state index in [9.17, 15) is 14.4 Å². The molecule has 2 rings (SSSR count). The molecule has 0 saturated carbocycles. The molecule has 120 valence electrons. The first-order valence-corrected chi connectivity index (χ1v) is 6.65. The van der Waals surface area contributed by atoms with E-state index in [2.05, 4.69) is 10.4 Å². The molecule has 0 aliphatic carbocycles. The van der Waals surface area contributed by atoms with Crippen molar-refractivity contribution in [1.29, 1.82) is 0 Å². The van der Waals surface area contributed by atoms with Crippen LogP contribution in [0.25, 0.3) is 0 Å². The summed E-state index contributed by atoms with van der Waals surface area (Å²) in [5.74, 6) is -0.702. The SMILES string of the molecule is COc1cccc(NC(=O)COC(=O)c2ccc(=O)n(C)n2)c1. The van der Waals surface area contributed by atoms with Gasteiger partial charge in [-0.25, -0.2) is 9.48 Å². The fraction of sp³-hybridized carbons (Fsp3) is 0.200. The average molecular weight is 317 g/mol. The summed E-state index contributed by atoms with van der Waals surface area (Å²) in [6, 6.07) is 9.20. The summed E-state index contributed by atoms with van der Waals surface area (Å²) in [7, 11) is 2.93. The highest BCUT2D eigenvalue weighted by Gasteiger charge is 2.13. The van der Waals surface area contributed by atoms with Crippen LogP contribution in [0.3, 0.4) is 0 Å². The van der Waals surface area contributed by atoms with Crippen LogP contribution in [0.2, 0.25) is 0 Å². The maximum atomic E-state index is 11.8. The van der Waals surface area contributed by atoms with Gasteiger partial charge in [0.15, 0.2) is 12.3 Å². The summed E-state index contributed by atoms with van der Waals surface area (Å²) in [5, 5.41) is 6.31. The molecule has 1 aromatic carbocycles. The first-order valence-electron chi connectivity index (χ1n) is 6.65. The predicted molar refractivity (Wildman–Crippen MR) is 81.4 cm³/mol. The van der Waals surface area contributed by atoms with E-state index in [-0.39, 0.29) is 11.3 Å².